The molecule has 3 aromatic rings. The molecule has 1 aromatic heterocycles. The van der Waals surface area contributed by atoms with Crippen molar-refractivity contribution >= 4 is 5.91 Å². The highest BCUT2D eigenvalue weighted by molar-refractivity contribution is 5.94. The number of amides is 1. The molecule has 4 nitrogen and oxygen atoms in total. The van der Waals surface area contributed by atoms with Gasteiger partial charge in [-0.25, -0.2) is 9.07 Å². The Kier molecular flexibility index (Phi) is 6.24. The van der Waals surface area contributed by atoms with E-state index in [4.69, 9.17) is 0 Å². The first-order valence-electron chi connectivity index (χ1n) is 9.75. The average Bonchev–Trinajstić information content (AvgIpc) is 3.14. The first-order valence-corrected chi connectivity index (χ1v) is 9.75. The summed E-state index contributed by atoms with van der Waals surface area (Å²) in [5.74, 6) is -0.333. The molecule has 0 spiro atoms. The van der Waals surface area contributed by atoms with E-state index in [-0.39, 0.29) is 11.7 Å². The van der Waals surface area contributed by atoms with Crippen molar-refractivity contribution in [3.8, 4) is 16.9 Å². The molecule has 28 heavy (non-hydrogen) atoms. The Bertz CT molecular complexity index is 923. The van der Waals surface area contributed by atoms with E-state index >= 15 is 0 Å². The molecule has 0 aliphatic heterocycles. The molecule has 2 aromatic carbocycles. The SMILES string of the molecule is CCCN(CCC)C(=O)c1cc(-c2ccc(F)cc2)nn1-c1ccc(C)cc1. The van der Waals surface area contributed by atoms with Gasteiger partial charge in [-0.15, -0.1) is 0 Å². The van der Waals surface area contributed by atoms with Crippen molar-refractivity contribution < 1.29 is 9.18 Å². The summed E-state index contributed by atoms with van der Waals surface area (Å²) < 4.78 is 15.0. The fourth-order valence-corrected chi connectivity index (χ4v) is 3.19. The number of halogens is 1. The standard InChI is InChI=1S/C23H26FN3O/c1-4-14-26(15-5-2)23(28)22-16-21(18-8-10-19(24)11-9-18)25-27(22)20-12-6-17(3)7-13-20/h6-13,16H,4-5,14-15H2,1-3H3. The highest BCUT2D eigenvalue weighted by Gasteiger charge is 2.22. The van der Waals surface area contributed by atoms with Crippen molar-refractivity contribution in [3.05, 3.63) is 71.7 Å². The van der Waals surface area contributed by atoms with Crippen LogP contribution in [-0.2, 0) is 0 Å². The van der Waals surface area contributed by atoms with Crippen LogP contribution in [0.4, 0.5) is 4.39 Å². The van der Waals surface area contributed by atoms with Crippen molar-refractivity contribution in [3.63, 3.8) is 0 Å². The molecule has 1 amide bonds. The lowest BCUT2D eigenvalue weighted by atomic mass is 10.1. The Balaban J connectivity index is 2.08. The van der Waals surface area contributed by atoms with Gasteiger partial charge in [0, 0.05) is 18.7 Å². The lowest BCUT2D eigenvalue weighted by Crippen LogP contribution is -2.33. The zero-order valence-corrected chi connectivity index (χ0v) is 16.7. The topological polar surface area (TPSA) is 38.1 Å². The molecule has 0 fully saturated rings. The maximum absolute atomic E-state index is 13.3. The minimum Gasteiger partial charge on any atom is -0.337 e. The molecule has 0 radical (unpaired) electrons. The van der Waals surface area contributed by atoms with E-state index in [1.54, 1.807) is 22.9 Å². The molecular formula is C23H26FN3O. The van der Waals surface area contributed by atoms with E-state index in [0.717, 1.165) is 29.7 Å². The molecule has 146 valence electrons. The molecule has 0 aliphatic carbocycles. The van der Waals surface area contributed by atoms with Crippen molar-refractivity contribution in [2.24, 2.45) is 0 Å². The molecule has 0 saturated carbocycles. The second-order valence-corrected chi connectivity index (χ2v) is 6.96. The van der Waals surface area contributed by atoms with Crippen molar-refractivity contribution in [2.75, 3.05) is 13.1 Å². The van der Waals surface area contributed by atoms with Gasteiger partial charge in [0.15, 0.2) is 0 Å². The normalized spacial score (nSPS) is 10.9. The molecule has 5 heteroatoms. The summed E-state index contributed by atoms with van der Waals surface area (Å²) in [4.78, 5) is 15.2. The van der Waals surface area contributed by atoms with Crippen LogP contribution in [-0.4, -0.2) is 33.7 Å². The molecule has 0 atom stereocenters. The Labute approximate surface area is 165 Å². The number of carbonyl (C=O) groups excluding carboxylic acids is 1. The van der Waals surface area contributed by atoms with E-state index in [2.05, 4.69) is 18.9 Å². The largest absolute Gasteiger partial charge is 0.337 e. The van der Waals surface area contributed by atoms with E-state index in [1.165, 1.54) is 12.1 Å². The van der Waals surface area contributed by atoms with Gasteiger partial charge in [0.2, 0.25) is 0 Å². The lowest BCUT2D eigenvalue weighted by Gasteiger charge is -2.21. The van der Waals surface area contributed by atoms with Crippen LogP contribution < -0.4 is 0 Å². The summed E-state index contributed by atoms with van der Waals surface area (Å²) in [6, 6.07) is 15.9. The summed E-state index contributed by atoms with van der Waals surface area (Å²) in [5, 5.41) is 4.68. The quantitative estimate of drug-likeness (QED) is 0.562. The highest BCUT2D eigenvalue weighted by atomic mass is 19.1. The number of hydrogen-bond acceptors (Lipinski definition) is 2. The Morgan fingerprint density at radius 3 is 2.18 bits per heavy atom. The molecule has 0 saturated heterocycles. The van der Waals surface area contributed by atoms with Crippen LogP contribution in [0.25, 0.3) is 16.9 Å². The molecule has 0 unspecified atom stereocenters. The van der Waals surface area contributed by atoms with E-state index in [1.807, 2.05) is 36.1 Å². The van der Waals surface area contributed by atoms with Gasteiger partial charge in [-0.05, 0) is 62.2 Å². The van der Waals surface area contributed by atoms with Gasteiger partial charge < -0.3 is 4.90 Å². The van der Waals surface area contributed by atoms with Crippen LogP contribution in [0.2, 0.25) is 0 Å². The van der Waals surface area contributed by atoms with Gasteiger partial charge in [0.1, 0.15) is 11.5 Å². The van der Waals surface area contributed by atoms with Gasteiger partial charge in [-0.2, -0.15) is 5.10 Å². The predicted octanol–water partition coefficient (Wildman–Crippen LogP) is 5.25. The first kappa shape index (κ1) is 19.8. The number of aryl methyl sites for hydroxylation is 1. The fraction of sp³-hybridized carbons (Fsp3) is 0.304. The number of nitrogens with zero attached hydrogens (tertiary/aromatic N) is 3. The Morgan fingerprint density at radius 1 is 1.00 bits per heavy atom. The lowest BCUT2D eigenvalue weighted by molar-refractivity contribution is 0.0746. The summed E-state index contributed by atoms with van der Waals surface area (Å²) in [5.41, 5.74) is 3.91. The number of carbonyl (C=O) groups is 1. The second kappa shape index (κ2) is 8.83. The van der Waals surface area contributed by atoms with Crippen LogP contribution in [0.3, 0.4) is 0 Å². The van der Waals surface area contributed by atoms with Gasteiger partial charge in [0.25, 0.3) is 5.91 Å². The maximum atomic E-state index is 13.3. The third-order valence-corrected chi connectivity index (χ3v) is 4.62. The molecule has 0 aliphatic rings. The van der Waals surface area contributed by atoms with Crippen molar-refractivity contribution in [1.82, 2.24) is 14.7 Å². The van der Waals surface area contributed by atoms with Crippen LogP contribution >= 0.6 is 0 Å². The van der Waals surface area contributed by atoms with Crippen LogP contribution in [0.5, 0.6) is 0 Å². The van der Waals surface area contributed by atoms with E-state index < -0.39 is 0 Å². The summed E-state index contributed by atoms with van der Waals surface area (Å²) in [7, 11) is 0. The van der Waals surface area contributed by atoms with Gasteiger partial charge in [-0.3, -0.25) is 4.79 Å². The minimum atomic E-state index is -0.296. The molecule has 3 rings (SSSR count). The number of aromatic nitrogens is 2. The zero-order chi connectivity index (χ0) is 20.1. The third kappa shape index (κ3) is 4.30. The van der Waals surface area contributed by atoms with Gasteiger partial charge in [-0.1, -0.05) is 31.5 Å². The average molecular weight is 379 g/mol. The second-order valence-electron chi connectivity index (χ2n) is 6.96. The summed E-state index contributed by atoms with van der Waals surface area (Å²) in [6.45, 7) is 7.57. The minimum absolute atomic E-state index is 0.0369. The Morgan fingerprint density at radius 2 is 1.61 bits per heavy atom. The molecule has 1 heterocycles. The molecule has 0 bridgehead atoms. The van der Waals surface area contributed by atoms with Crippen molar-refractivity contribution in [1.29, 1.82) is 0 Å². The number of hydrogen-bond donors (Lipinski definition) is 0. The molecular weight excluding hydrogens is 353 g/mol. The Hall–Kier alpha value is -2.95. The van der Waals surface area contributed by atoms with Crippen LogP contribution in [0.15, 0.2) is 54.6 Å². The summed E-state index contributed by atoms with van der Waals surface area (Å²) in [6.07, 6.45) is 1.80. The van der Waals surface area contributed by atoms with Crippen molar-refractivity contribution in [2.45, 2.75) is 33.6 Å². The fourth-order valence-electron chi connectivity index (χ4n) is 3.19. The predicted molar refractivity (Wildman–Crippen MR) is 110 cm³/mol. The van der Waals surface area contributed by atoms with Gasteiger partial charge in [0.05, 0.1) is 11.4 Å². The zero-order valence-electron chi connectivity index (χ0n) is 16.7. The van der Waals surface area contributed by atoms with E-state index in [0.29, 0.717) is 24.5 Å². The monoisotopic (exact) mass is 379 g/mol. The summed E-state index contributed by atoms with van der Waals surface area (Å²) >= 11 is 0. The number of rotatable bonds is 7. The first-order chi connectivity index (χ1) is 13.5. The van der Waals surface area contributed by atoms with Crippen LogP contribution in [0, 0.1) is 12.7 Å². The van der Waals surface area contributed by atoms with E-state index in [9.17, 15) is 9.18 Å². The molecule has 0 N–H and O–H groups in total. The smallest absolute Gasteiger partial charge is 0.272 e. The highest BCUT2D eigenvalue weighted by Crippen LogP contribution is 2.23. The maximum Gasteiger partial charge on any atom is 0.272 e. The third-order valence-electron chi connectivity index (χ3n) is 4.62. The van der Waals surface area contributed by atoms with Gasteiger partial charge >= 0.3 is 0 Å². The number of benzene rings is 2. The van der Waals surface area contributed by atoms with Crippen LogP contribution in [0.1, 0.15) is 42.7 Å².